The molecule has 1 fully saturated rings. The predicted octanol–water partition coefficient (Wildman–Crippen LogP) is 5.29. The Balaban J connectivity index is 1.46. The highest BCUT2D eigenvalue weighted by molar-refractivity contribution is 8.13. The van der Waals surface area contributed by atoms with Gasteiger partial charge in [-0.05, 0) is 63.1 Å². The van der Waals surface area contributed by atoms with Crippen molar-refractivity contribution in [3.63, 3.8) is 0 Å². The fraction of sp³-hybridized carbons (Fsp3) is 0.467. The number of aryl methyl sites for hydroxylation is 2. The van der Waals surface area contributed by atoms with Crippen molar-refractivity contribution in [2.45, 2.75) is 45.1 Å². The number of benzene rings is 2. The van der Waals surface area contributed by atoms with E-state index in [1.165, 1.54) is 42.2 Å². The van der Waals surface area contributed by atoms with E-state index in [1.807, 2.05) is 36.6 Å². The van der Waals surface area contributed by atoms with Gasteiger partial charge in [-0.2, -0.15) is 0 Å². The van der Waals surface area contributed by atoms with Crippen molar-refractivity contribution in [2.75, 3.05) is 45.7 Å². The normalized spacial score (nSPS) is 18.3. The average molecular weight is 522 g/mol. The number of aliphatic imine (C=N–C) groups is 1. The minimum atomic E-state index is -0.424. The number of ether oxygens (including phenoxy) is 2. The zero-order chi connectivity index (χ0) is 25.9. The van der Waals surface area contributed by atoms with Crippen molar-refractivity contribution in [1.29, 1.82) is 0 Å². The van der Waals surface area contributed by atoms with E-state index < -0.39 is 6.04 Å². The molecule has 2 aromatic rings. The van der Waals surface area contributed by atoms with Crippen molar-refractivity contribution >= 4 is 22.9 Å². The van der Waals surface area contributed by atoms with Gasteiger partial charge in [-0.25, -0.2) is 9.79 Å². The van der Waals surface area contributed by atoms with Crippen LogP contribution in [0.15, 0.2) is 70.9 Å². The zero-order valence-corrected chi connectivity index (χ0v) is 22.9. The summed E-state index contributed by atoms with van der Waals surface area (Å²) in [5.74, 6) is -0.329. The summed E-state index contributed by atoms with van der Waals surface area (Å²) in [6, 6.07) is 18.1. The number of thioether (sulfide) groups is 1. The highest BCUT2D eigenvalue weighted by Gasteiger charge is 2.32. The monoisotopic (exact) mass is 521 g/mol. The van der Waals surface area contributed by atoms with Gasteiger partial charge in [0.2, 0.25) is 0 Å². The molecule has 0 saturated carbocycles. The Kier molecular flexibility index (Phi) is 10.6. The quantitative estimate of drug-likeness (QED) is 0.320. The van der Waals surface area contributed by atoms with Crippen LogP contribution < -0.4 is 5.32 Å². The lowest BCUT2D eigenvalue weighted by Gasteiger charge is -2.28. The number of hydrogen-bond acceptors (Lipinski definition) is 7. The van der Waals surface area contributed by atoms with Gasteiger partial charge in [0.05, 0.1) is 31.1 Å². The van der Waals surface area contributed by atoms with Crippen molar-refractivity contribution in [3.05, 3.63) is 82.6 Å². The number of hydrogen-bond donors (Lipinski definition) is 1. The number of nitrogens with one attached hydrogen (secondary N) is 1. The first-order chi connectivity index (χ1) is 18.1. The van der Waals surface area contributed by atoms with E-state index in [9.17, 15) is 4.79 Å². The van der Waals surface area contributed by atoms with Gasteiger partial charge >= 0.3 is 5.97 Å². The number of esters is 1. The Morgan fingerprint density at radius 3 is 2.54 bits per heavy atom. The molecule has 0 amide bonds. The summed E-state index contributed by atoms with van der Waals surface area (Å²) in [6.07, 6.45) is 7.47. The molecule has 0 aromatic heterocycles. The van der Waals surface area contributed by atoms with Gasteiger partial charge in [-0.15, -0.1) is 0 Å². The number of rotatable bonds is 11. The van der Waals surface area contributed by atoms with Crippen molar-refractivity contribution in [2.24, 2.45) is 4.99 Å². The van der Waals surface area contributed by atoms with Crippen LogP contribution in [-0.4, -0.2) is 61.7 Å². The summed E-state index contributed by atoms with van der Waals surface area (Å²) in [5.41, 5.74) is 4.67. The van der Waals surface area contributed by atoms with Gasteiger partial charge in [0.1, 0.15) is 6.04 Å². The van der Waals surface area contributed by atoms with Crippen LogP contribution in [0.1, 0.15) is 48.4 Å². The van der Waals surface area contributed by atoms with Crippen LogP contribution in [0, 0.1) is 6.92 Å². The number of likely N-dealkylation sites (tertiary alicyclic amines) is 1. The van der Waals surface area contributed by atoms with Gasteiger partial charge in [0.15, 0.2) is 5.17 Å². The van der Waals surface area contributed by atoms with Gasteiger partial charge in [-0.3, -0.25) is 0 Å². The molecular weight excluding hydrogens is 482 g/mol. The lowest BCUT2D eigenvalue weighted by molar-refractivity contribution is -0.139. The van der Waals surface area contributed by atoms with Gasteiger partial charge in [0, 0.05) is 6.54 Å². The first-order valence-corrected chi connectivity index (χ1v) is 14.6. The number of carbonyl (C=O) groups excluding carboxylic acids is 1. The second kappa shape index (κ2) is 14.4. The van der Waals surface area contributed by atoms with E-state index in [-0.39, 0.29) is 5.97 Å². The van der Waals surface area contributed by atoms with E-state index in [0.29, 0.717) is 25.4 Å². The molecule has 4 rings (SSSR count). The standard InChI is InChI=1S/C30H39N3O3S/c1-23-13-15-25(16-14-23)28-27(29(34)36-20-9-12-24-10-5-3-6-11-24)26(31-30(32-28)37-2)22-35-21-19-33-17-7-4-8-18-33/h3,5-6,10-11,13-16,28H,4,7-9,12,17-22H2,1-2H3,(H,31,32). The fourth-order valence-corrected chi connectivity index (χ4v) is 5.17. The first-order valence-electron chi connectivity index (χ1n) is 13.3. The Morgan fingerprint density at radius 2 is 1.81 bits per heavy atom. The Hall–Kier alpha value is -2.61. The van der Waals surface area contributed by atoms with Crippen LogP contribution in [0.25, 0.3) is 0 Å². The maximum absolute atomic E-state index is 13.5. The number of nitrogens with zero attached hydrogens (tertiary/aromatic N) is 2. The van der Waals surface area contributed by atoms with Gasteiger partial charge in [-0.1, -0.05) is 78.3 Å². The van der Waals surface area contributed by atoms with Crippen molar-refractivity contribution in [3.8, 4) is 0 Å². The second-order valence-corrected chi connectivity index (χ2v) is 10.4. The molecule has 2 aliphatic heterocycles. The Bertz CT molecular complexity index is 1060. The van der Waals surface area contributed by atoms with Crippen LogP contribution in [0.3, 0.4) is 0 Å². The molecule has 2 aromatic carbocycles. The topological polar surface area (TPSA) is 63.2 Å². The summed E-state index contributed by atoms with van der Waals surface area (Å²) in [7, 11) is 0. The molecule has 0 spiro atoms. The van der Waals surface area contributed by atoms with Gasteiger partial charge in [0.25, 0.3) is 0 Å². The summed E-state index contributed by atoms with van der Waals surface area (Å²) in [4.78, 5) is 20.8. The predicted molar refractivity (Wildman–Crippen MR) is 152 cm³/mol. The molecule has 37 heavy (non-hydrogen) atoms. The van der Waals surface area contributed by atoms with Crippen LogP contribution in [0.2, 0.25) is 0 Å². The van der Waals surface area contributed by atoms with Crippen molar-refractivity contribution in [1.82, 2.24) is 10.2 Å². The maximum atomic E-state index is 13.5. The fourth-order valence-electron chi connectivity index (χ4n) is 4.73. The van der Waals surface area contributed by atoms with Crippen LogP contribution in [-0.2, 0) is 20.7 Å². The van der Waals surface area contributed by atoms with E-state index in [0.717, 1.165) is 48.9 Å². The molecule has 198 valence electrons. The second-order valence-electron chi connectivity index (χ2n) is 9.65. The third-order valence-electron chi connectivity index (χ3n) is 6.84. The highest BCUT2D eigenvalue weighted by Crippen LogP contribution is 2.33. The third kappa shape index (κ3) is 8.19. The maximum Gasteiger partial charge on any atom is 0.338 e. The molecule has 2 heterocycles. The highest BCUT2D eigenvalue weighted by atomic mass is 32.2. The Morgan fingerprint density at radius 1 is 1.05 bits per heavy atom. The zero-order valence-electron chi connectivity index (χ0n) is 22.1. The SMILES string of the molecule is CSC1=NC(c2ccc(C)cc2)C(C(=O)OCCCc2ccccc2)=C(COCCN2CCCCC2)N1. The molecule has 1 unspecified atom stereocenters. The molecular formula is C30H39N3O3S. The number of carbonyl (C=O) groups is 1. The average Bonchev–Trinajstić information content (AvgIpc) is 2.94. The molecule has 7 heteroatoms. The third-order valence-corrected chi connectivity index (χ3v) is 7.44. The number of piperidine rings is 1. The number of amidine groups is 1. The smallest absolute Gasteiger partial charge is 0.338 e. The Labute approximate surface area is 225 Å². The molecule has 2 aliphatic rings. The van der Waals surface area contributed by atoms with Crippen LogP contribution in [0.5, 0.6) is 0 Å². The molecule has 1 N–H and O–H groups in total. The van der Waals surface area contributed by atoms with E-state index in [4.69, 9.17) is 14.5 Å². The van der Waals surface area contributed by atoms with E-state index >= 15 is 0 Å². The van der Waals surface area contributed by atoms with Crippen LogP contribution in [0.4, 0.5) is 0 Å². The van der Waals surface area contributed by atoms with E-state index in [2.05, 4.69) is 41.4 Å². The summed E-state index contributed by atoms with van der Waals surface area (Å²) in [5, 5.41) is 4.13. The lowest BCUT2D eigenvalue weighted by Crippen LogP contribution is -2.35. The molecule has 0 bridgehead atoms. The molecule has 1 atom stereocenters. The van der Waals surface area contributed by atoms with Crippen molar-refractivity contribution < 1.29 is 14.3 Å². The molecule has 0 aliphatic carbocycles. The van der Waals surface area contributed by atoms with Crippen LogP contribution >= 0.6 is 11.8 Å². The summed E-state index contributed by atoms with van der Waals surface area (Å²) < 4.78 is 11.9. The lowest BCUT2D eigenvalue weighted by atomic mass is 9.95. The molecule has 1 saturated heterocycles. The minimum absolute atomic E-state index is 0.324. The van der Waals surface area contributed by atoms with E-state index in [1.54, 1.807) is 0 Å². The molecule has 6 nitrogen and oxygen atoms in total. The van der Waals surface area contributed by atoms with Gasteiger partial charge < -0.3 is 19.7 Å². The summed E-state index contributed by atoms with van der Waals surface area (Å²) in [6.45, 7) is 6.57. The first kappa shape index (κ1) is 27.4. The summed E-state index contributed by atoms with van der Waals surface area (Å²) >= 11 is 1.53. The molecule has 0 radical (unpaired) electrons. The minimum Gasteiger partial charge on any atom is -0.462 e. The largest absolute Gasteiger partial charge is 0.462 e.